The lowest BCUT2D eigenvalue weighted by atomic mass is 10.1. The molecule has 40 heavy (non-hydrogen) atoms. The van der Waals surface area contributed by atoms with Crippen molar-refractivity contribution in [3.05, 3.63) is 85.6 Å². The van der Waals surface area contributed by atoms with Gasteiger partial charge in [-0.2, -0.15) is 15.3 Å². The SMILES string of the molecule is CC(C)(C)n1cc(NC(=O)Nc2ccc(Oc3ccnc(-c4cn[nH]c4)c3)cc2)c(-c2ccc3[nH]ncc3c2)n1. The molecule has 200 valence electrons. The minimum absolute atomic E-state index is 0.269. The van der Waals surface area contributed by atoms with Crippen LogP contribution in [0.2, 0.25) is 0 Å². The number of pyridine rings is 1. The summed E-state index contributed by atoms with van der Waals surface area (Å²) in [5.74, 6) is 1.26. The van der Waals surface area contributed by atoms with Gasteiger partial charge in [-0.25, -0.2) is 4.79 Å². The van der Waals surface area contributed by atoms with E-state index in [4.69, 9.17) is 9.84 Å². The smallest absolute Gasteiger partial charge is 0.323 e. The molecular formula is C29H27N9O2. The Balaban J connectivity index is 1.16. The quantitative estimate of drug-likeness (QED) is 0.195. The second-order valence-electron chi connectivity index (χ2n) is 10.2. The topological polar surface area (TPSA) is 138 Å². The summed E-state index contributed by atoms with van der Waals surface area (Å²) in [6.07, 6.45) is 8.76. The van der Waals surface area contributed by atoms with Crippen LogP contribution < -0.4 is 15.4 Å². The Labute approximate surface area is 229 Å². The molecule has 6 aromatic rings. The molecule has 0 atom stereocenters. The average Bonchev–Trinajstić information content (AvgIpc) is 3.70. The highest BCUT2D eigenvalue weighted by atomic mass is 16.5. The van der Waals surface area contributed by atoms with Crippen molar-refractivity contribution >= 4 is 28.3 Å². The summed E-state index contributed by atoms with van der Waals surface area (Å²) < 4.78 is 7.83. The van der Waals surface area contributed by atoms with E-state index in [2.05, 4.69) is 56.8 Å². The highest BCUT2D eigenvalue weighted by Crippen LogP contribution is 2.31. The zero-order chi connectivity index (χ0) is 27.7. The molecule has 0 aliphatic rings. The molecule has 0 saturated carbocycles. The van der Waals surface area contributed by atoms with E-state index in [-0.39, 0.29) is 11.6 Å². The molecule has 11 heteroatoms. The zero-order valence-electron chi connectivity index (χ0n) is 22.1. The van der Waals surface area contributed by atoms with Crippen LogP contribution >= 0.6 is 0 Å². The number of hydrogen-bond acceptors (Lipinski definition) is 6. The van der Waals surface area contributed by atoms with E-state index >= 15 is 0 Å². The Morgan fingerprint density at radius 2 is 1.77 bits per heavy atom. The van der Waals surface area contributed by atoms with Gasteiger partial charge in [0.25, 0.3) is 0 Å². The molecule has 2 amide bonds. The summed E-state index contributed by atoms with van der Waals surface area (Å²) in [6, 6.07) is 16.3. The van der Waals surface area contributed by atoms with E-state index in [0.29, 0.717) is 28.6 Å². The van der Waals surface area contributed by atoms with E-state index in [1.54, 1.807) is 55.1 Å². The van der Waals surface area contributed by atoms with Crippen LogP contribution in [-0.2, 0) is 5.54 Å². The van der Waals surface area contributed by atoms with Gasteiger partial charge in [0.2, 0.25) is 0 Å². The highest BCUT2D eigenvalue weighted by molar-refractivity contribution is 6.02. The standard InChI is InChI=1S/C29H27N9O2/c1-29(2,3)38-17-26(27(37-38)18-4-9-24-19(12-18)14-33-36-24)35-28(39)34-21-5-7-22(8-6-21)40-23-10-11-30-25(13-23)20-15-31-32-16-20/h4-17H,1-3H3,(H,31,32)(H,33,36)(H2,34,35,39). The third-order valence-electron chi connectivity index (χ3n) is 6.24. The molecule has 2 aromatic carbocycles. The molecule has 11 nitrogen and oxygen atoms in total. The van der Waals surface area contributed by atoms with Crippen LogP contribution in [0.4, 0.5) is 16.2 Å². The maximum atomic E-state index is 13.0. The number of ether oxygens (including phenoxy) is 1. The van der Waals surface area contributed by atoms with Crippen molar-refractivity contribution in [3.63, 3.8) is 0 Å². The van der Waals surface area contributed by atoms with Crippen molar-refractivity contribution in [2.75, 3.05) is 10.6 Å². The van der Waals surface area contributed by atoms with Crippen LogP contribution in [0.3, 0.4) is 0 Å². The Bertz CT molecular complexity index is 1780. The van der Waals surface area contributed by atoms with Gasteiger partial charge in [-0.05, 0) is 63.2 Å². The molecule has 0 fully saturated rings. The van der Waals surface area contributed by atoms with Gasteiger partial charge in [-0.15, -0.1) is 0 Å². The summed E-state index contributed by atoms with van der Waals surface area (Å²) in [4.78, 5) is 17.4. The molecule has 4 N–H and O–H groups in total. The van der Waals surface area contributed by atoms with Gasteiger partial charge >= 0.3 is 6.03 Å². The van der Waals surface area contributed by atoms with Crippen LogP contribution in [-0.4, -0.2) is 41.2 Å². The van der Waals surface area contributed by atoms with Gasteiger partial charge in [0.1, 0.15) is 17.2 Å². The van der Waals surface area contributed by atoms with Crippen molar-refractivity contribution in [1.82, 2.24) is 35.2 Å². The fourth-order valence-corrected chi connectivity index (χ4v) is 4.16. The number of H-pyrrole nitrogens is 2. The molecule has 0 spiro atoms. The minimum Gasteiger partial charge on any atom is -0.457 e. The summed E-state index contributed by atoms with van der Waals surface area (Å²) in [5, 5.41) is 25.4. The van der Waals surface area contributed by atoms with Crippen molar-refractivity contribution in [2.24, 2.45) is 0 Å². The van der Waals surface area contributed by atoms with E-state index in [0.717, 1.165) is 27.7 Å². The first-order valence-electron chi connectivity index (χ1n) is 12.7. The number of benzene rings is 2. The van der Waals surface area contributed by atoms with Gasteiger partial charge in [0, 0.05) is 46.9 Å². The number of fused-ring (bicyclic) bond motifs is 1. The van der Waals surface area contributed by atoms with Gasteiger partial charge in [0.15, 0.2) is 0 Å². The predicted octanol–water partition coefficient (Wildman–Crippen LogP) is 6.40. The lowest BCUT2D eigenvalue weighted by Gasteiger charge is -2.18. The van der Waals surface area contributed by atoms with Crippen molar-refractivity contribution in [3.8, 4) is 34.0 Å². The molecule has 0 radical (unpaired) electrons. The minimum atomic E-state index is -0.383. The van der Waals surface area contributed by atoms with Crippen LogP contribution in [0.5, 0.6) is 11.5 Å². The van der Waals surface area contributed by atoms with E-state index < -0.39 is 0 Å². The third-order valence-corrected chi connectivity index (χ3v) is 6.24. The second-order valence-corrected chi connectivity index (χ2v) is 10.2. The normalized spacial score (nSPS) is 11.5. The Morgan fingerprint density at radius 3 is 2.55 bits per heavy atom. The number of anilines is 2. The number of hydrogen-bond donors (Lipinski definition) is 4. The molecule has 0 unspecified atom stereocenters. The van der Waals surface area contributed by atoms with Crippen molar-refractivity contribution < 1.29 is 9.53 Å². The van der Waals surface area contributed by atoms with Crippen molar-refractivity contribution in [2.45, 2.75) is 26.3 Å². The Morgan fingerprint density at radius 1 is 0.925 bits per heavy atom. The number of rotatable bonds is 6. The van der Waals surface area contributed by atoms with Gasteiger partial charge < -0.3 is 15.4 Å². The van der Waals surface area contributed by atoms with Crippen LogP contribution in [0, 0.1) is 0 Å². The third kappa shape index (κ3) is 5.25. The number of carbonyl (C=O) groups is 1. The zero-order valence-corrected chi connectivity index (χ0v) is 22.1. The van der Waals surface area contributed by atoms with E-state index in [1.807, 2.05) is 35.1 Å². The molecule has 0 aliphatic heterocycles. The molecule has 4 heterocycles. The molecule has 6 rings (SSSR count). The fourth-order valence-electron chi connectivity index (χ4n) is 4.16. The molecule has 0 saturated heterocycles. The highest BCUT2D eigenvalue weighted by Gasteiger charge is 2.21. The summed E-state index contributed by atoms with van der Waals surface area (Å²) >= 11 is 0. The number of urea groups is 1. The maximum absolute atomic E-state index is 13.0. The maximum Gasteiger partial charge on any atom is 0.323 e. The number of nitrogens with one attached hydrogen (secondary N) is 4. The number of nitrogens with zero attached hydrogens (tertiary/aromatic N) is 5. The molecule has 4 aromatic heterocycles. The predicted molar refractivity (Wildman–Crippen MR) is 153 cm³/mol. The first kappa shape index (κ1) is 24.9. The summed E-state index contributed by atoms with van der Waals surface area (Å²) in [7, 11) is 0. The molecule has 0 aliphatic carbocycles. The lowest BCUT2D eigenvalue weighted by Crippen LogP contribution is -2.22. The van der Waals surface area contributed by atoms with Crippen LogP contribution in [0.25, 0.3) is 33.4 Å². The molecular weight excluding hydrogens is 506 g/mol. The summed E-state index contributed by atoms with van der Waals surface area (Å²) in [5.41, 5.74) is 5.04. The number of carbonyl (C=O) groups excluding carboxylic acids is 1. The van der Waals surface area contributed by atoms with Gasteiger partial charge in [0.05, 0.1) is 34.8 Å². The summed E-state index contributed by atoms with van der Waals surface area (Å²) in [6.45, 7) is 6.17. The van der Waals surface area contributed by atoms with Gasteiger partial charge in [-0.1, -0.05) is 6.07 Å². The number of aromatic nitrogens is 7. The first-order chi connectivity index (χ1) is 19.3. The average molecular weight is 534 g/mol. The van der Waals surface area contributed by atoms with Gasteiger partial charge in [-0.3, -0.25) is 19.9 Å². The first-order valence-corrected chi connectivity index (χ1v) is 12.7. The van der Waals surface area contributed by atoms with E-state index in [9.17, 15) is 4.79 Å². The lowest BCUT2D eigenvalue weighted by molar-refractivity contribution is 0.262. The van der Waals surface area contributed by atoms with Crippen LogP contribution in [0.1, 0.15) is 20.8 Å². The number of aromatic amines is 2. The Kier molecular flexibility index (Phi) is 6.23. The van der Waals surface area contributed by atoms with E-state index in [1.165, 1.54) is 0 Å². The van der Waals surface area contributed by atoms with Crippen LogP contribution in [0.15, 0.2) is 85.6 Å². The number of amides is 2. The fraction of sp³-hybridized carbons (Fsp3) is 0.138. The Hall–Kier alpha value is -5.45. The second kappa shape index (κ2) is 10.0. The largest absolute Gasteiger partial charge is 0.457 e. The monoisotopic (exact) mass is 533 g/mol. The molecule has 0 bridgehead atoms. The van der Waals surface area contributed by atoms with Crippen molar-refractivity contribution in [1.29, 1.82) is 0 Å².